The van der Waals surface area contributed by atoms with E-state index in [2.05, 4.69) is 38.2 Å². The Balaban J connectivity index is 2.01. The van der Waals surface area contributed by atoms with Gasteiger partial charge < -0.3 is 9.84 Å². The van der Waals surface area contributed by atoms with Crippen LogP contribution >= 0.6 is 0 Å². The molecule has 29 heavy (non-hydrogen) atoms. The van der Waals surface area contributed by atoms with Crippen LogP contribution in [-0.2, 0) is 14.3 Å². The molecule has 4 heteroatoms. The minimum atomic E-state index is -0.939. The molecule has 1 heterocycles. The fourth-order valence-electron chi connectivity index (χ4n) is 4.73. The molecule has 156 valence electrons. The SMILES string of the molecule is CC1=CC[C@@H]2[C@H]3/C(O)=C/C(=O)[C@@H](C)C(=O)O[C@H](C)/C=C/C=C\[C@@H](C)[C@H]3C=C[C@H]2C1. The highest BCUT2D eigenvalue weighted by atomic mass is 16.5. The lowest BCUT2D eigenvalue weighted by atomic mass is 9.62. The smallest absolute Gasteiger partial charge is 0.317 e. The van der Waals surface area contributed by atoms with Crippen LogP contribution < -0.4 is 0 Å². The lowest BCUT2D eigenvalue weighted by molar-refractivity contribution is -0.152. The predicted octanol–water partition coefficient (Wildman–Crippen LogP) is 5.10. The van der Waals surface area contributed by atoms with Gasteiger partial charge in [-0.05, 0) is 63.4 Å². The van der Waals surface area contributed by atoms with Gasteiger partial charge >= 0.3 is 5.97 Å². The molecule has 3 aliphatic rings. The number of aliphatic hydroxyl groups is 1. The van der Waals surface area contributed by atoms with Gasteiger partial charge in [-0.15, -0.1) is 0 Å². The number of aliphatic hydroxyl groups excluding tert-OH is 1. The van der Waals surface area contributed by atoms with Crippen LogP contribution in [0.25, 0.3) is 0 Å². The largest absolute Gasteiger partial charge is 0.512 e. The minimum Gasteiger partial charge on any atom is -0.512 e. The number of fused-ring (bicyclic) bond motifs is 3. The molecule has 0 spiro atoms. The quantitative estimate of drug-likeness (QED) is 0.351. The monoisotopic (exact) mass is 396 g/mol. The highest BCUT2D eigenvalue weighted by Gasteiger charge is 2.41. The lowest BCUT2D eigenvalue weighted by Gasteiger charge is -2.43. The van der Waals surface area contributed by atoms with Crippen LogP contribution in [0.3, 0.4) is 0 Å². The average Bonchev–Trinajstić information content (AvgIpc) is 2.68. The summed E-state index contributed by atoms with van der Waals surface area (Å²) in [4.78, 5) is 25.0. The molecule has 3 rings (SSSR count). The van der Waals surface area contributed by atoms with Gasteiger partial charge in [0.15, 0.2) is 5.78 Å². The highest BCUT2D eigenvalue weighted by Crippen LogP contribution is 2.47. The number of carbonyl (C=O) groups is 2. The molecule has 0 radical (unpaired) electrons. The number of rotatable bonds is 0. The van der Waals surface area contributed by atoms with Crippen molar-refractivity contribution >= 4 is 11.8 Å². The van der Waals surface area contributed by atoms with Crippen LogP contribution in [0.1, 0.15) is 40.5 Å². The standard InChI is InChI=1S/C25H32O4/c1-15-9-11-21-19(13-15)10-12-20-16(2)7-5-6-8-17(3)29-25(28)18(4)22(26)14-23(27)24(20)21/h5-10,12,14,16-21,24,27H,11,13H2,1-4H3/b7-5-,8-6+,23-14-/t16-,17-,18-,19+,20-,21+,24+/m1/s1. The molecule has 0 aromatic rings. The first-order chi connectivity index (χ1) is 13.8. The zero-order valence-electron chi connectivity index (χ0n) is 17.7. The first-order valence-electron chi connectivity index (χ1n) is 10.6. The fourth-order valence-corrected chi connectivity index (χ4v) is 4.73. The van der Waals surface area contributed by atoms with Crippen molar-refractivity contribution in [1.29, 1.82) is 0 Å². The number of carbonyl (C=O) groups excluding carboxylic acids is 2. The van der Waals surface area contributed by atoms with Crippen LogP contribution in [0, 0.1) is 35.5 Å². The van der Waals surface area contributed by atoms with E-state index in [1.165, 1.54) is 18.6 Å². The van der Waals surface area contributed by atoms with E-state index >= 15 is 0 Å². The van der Waals surface area contributed by atoms with E-state index < -0.39 is 23.8 Å². The Morgan fingerprint density at radius 1 is 1.03 bits per heavy atom. The first-order valence-corrected chi connectivity index (χ1v) is 10.6. The molecule has 0 saturated carbocycles. The van der Waals surface area contributed by atoms with Gasteiger partial charge in [-0.1, -0.05) is 49.0 Å². The molecule has 0 amide bonds. The maximum atomic E-state index is 12.7. The Bertz CT molecular complexity index is 798. The summed E-state index contributed by atoms with van der Waals surface area (Å²) in [5.41, 5.74) is 1.37. The van der Waals surface area contributed by atoms with E-state index in [-0.39, 0.29) is 29.4 Å². The summed E-state index contributed by atoms with van der Waals surface area (Å²) in [7, 11) is 0. The van der Waals surface area contributed by atoms with E-state index in [0.717, 1.165) is 12.8 Å². The van der Waals surface area contributed by atoms with Gasteiger partial charge in [-0.2, -0.15) is 0 Å². The summed E-state index contributed by atoms with van der Waals surface area (Å²) in [6.45, 7) is 7.59. The van der Waals surface area contributed by atoms with E-state index in [4.69, 9.17) is 4.74 Å². The van der Waals surface area contributed by atoms with Gasteiger partial charge in [0.05, 0.1) is 5.76 Å². The number of hydrogen-bond acceptors (Lipinski definition) is 4. The molecule has 7 atom stereocenters. The molecule has 0 aromatic heterocycles. The van der Waals surface area contributed by atoms with Crippen molar-refractivity contribution in [3.63, 3.8) is 0 Å². The number of hydrogen-bond donors (Lipinski definition) is 1. The molecule has 2 aliphatic carbocycles. The van der Waals surface area contributed by atoms with Crippen LogP contribution in [0.4, 0.5) is 0 Å². The van der Waals surface area contributed by atoms with Gasteiger partial charge in [0, 0.05) is 12.0 Å². The number of ketones is 1. The summed E-state index contributed by atoms with van der Waals surface area (Å²) < 4.78 is 5.33. The van der Waals surface area contributed by atoms with Crippen molar-refractivity contribution in [3.05, 3.63) is 59.9 Å². The maximum absolute atomic E-state index is 12.7. The van der Waals surface area contributed by atoms with Gasteiger partial charge in [0.25, 0.3) is 0 Å². The van der Waals surface area contributed by atoms with Gasteiger partial charge in [-0.3, -0.25) is 9.59 Å². The summed E-state index contributed by atoms with van der Waals surface area (Å²) in [5, 5.41) is 11.1. The van der Waals surface area contributed by atoms with Crippen LogP contribution in [-0.4, -0.2) is 23.0 Å². The first kappa shape index (κ1) is 21.4. The van der Waals surface area contributed by atoms with Crippen molar-refractivity contribution in [2.75, 3.05) is 0 Å². The third-order valence-corrected chi connectivity index (χ3v) is 6.53. The molecule has 0 aromatic carbocycles. The second kappa shape index (κ2) is 8.98. The van der Waals surface area contributed by atoms with E-state index in [1.54, 1.807) is 13.0 Å². The Kier molecular flexibility index (Phi) is 6.61. The van der Waals surface area contributed by atoms with Gasteiger partial charge in [0.1, 0.15) is 12.0 Å². The summed E-state index contributed by atoms with van der Waals surface area (Å²) in [6, 6.07) is 0. The molecule has 0 saturated heterocycles. The maximum Gasteiger partial charge on any atom is 0.317 e. The summed E-state index contributed by atoms with van der Waals surface area (Å²) >= 11 is 0. The normalized spacial score (nSPS) is 42.3. The third-order valence-electron chi connectivity index (χ3n) is 6.53. The second-order valence-electron chi connectivity index (χ2n) is 8.77. The number of allylic oxidation sites excluding steroid dienone is 9. The van der Waals surface area contributed by atoms with Gasteiger partial charge in [0.2, 0.25) is 0 Å². The third kappa shape index (κ3) is 4.80. The molecule has 0 bridgehead atoms. The molecule has 0 fully saturated rings. The molecule has 4 nitrogen and oxygen atoms in total. The number of esters is 1. The molecule has 1 aliphatic heterocycles. The van der Waals surface area contributed by atoms with Crippen LogP contribution in [0.2, 0.25) is 0 Å². The topological polar surface area (TPSA) is 63.6 Å². The minimum absolute atomic E-state index is 0.0906. The lowest BCUT2D eigenvalue weighted by Crippen LogP contribution is -2.37. The van der Waals surface area contributed by atoms with Crippen molar-refractivity contribution < 1.29 is 19.4 Å². The molecule has 1 N–H and O–H groups in total. The Morgan fingerprint density at radius 3 is 2.52 bits per heavy atom. The summed E-state index contributed by atoms with van der Waals surface area (Å²) in [5.74, 6) is -1.07. The van der Waals surface area contributed by atoms with E-state index in [1.807, 2.05) is 12.2 Å². The second-order valence-corrected chi connectivity index (χ2v) is 8.77. The van der Waals surface area contributed by atoms with Crippen LogP contribution in [0.15, 0.2) is 59.9 Å². The summed E-state index contributed by atoms with van der Waals surface area (Å²) in [6.07, 6.45) is 17.2. The van der Waals surface area contributed by atoms with Crippen LogP contribution in [0.5, 0.6) is 0 Å². The fraction of sp³-hybridized carbons (Fsp3) is 0.520. The van der Waals surface area contributed by atoms with E-state index in [0.29, 0.717) is 5.92 Å². The highest BCUT2D eigenvalue weighted by molar-refractivity contribution is 6.04. The Labute approximate surface area is 173 Å². The zero-order chi connectivity index (χ0) is 21.1. The predicted molar refractivity (Wildman–Crippen MR) is 114 cm³/mol. The van der Waals surface area contributed by atoms with Crippen molar-refractivity contribution in [3.8, 4) is 0 Å². The molecule has 0 unspecified atom stereocenters. The van der Waals surface area contributed by atoms with Crippen molar-refractivity contribution in [2.24, 2.45) is 35.5 Å². The van der Waals surface area contributed by atoms with Crippen molar-refractivity contribution in [1.82, 2.24) is 0 Å². The van der Waals surface area contributed by atoms with Gasteiger partial charge in [-0.25, -0.2) is 0 Å². The average molecular weight is 397 g/mol. The van der Waals surface area contributed by atoms with Crippen molar-refractivity contribution in [2.45, 2.75) is 46.6 Å². The Hall–Kier alpha value is -2.36. The molecular weight excluding hydrogens is 364 g/mol. The molecular formula is C25H32O4. The Morgan fingerprint density at radius 2 is 1.76 bits per heavy atom. The van der Waals surface area contributed by atoms with E-state index in [9.17, 15) is 14.7 Å². The number of ether oxygens (including phenoxy) is 1. The number of cyclic esters (lactones) is 1. The zero-order valence-corrected chi connectivity index (χ0v) is 17.7.